The molecule has 11 heavy (non-hydrogen) atoms. The molecule has 0 heterocycles. The van der Waals surface area contributed by atoms with Crippen LogP contribution in [-0.4, -0.2) is 13.1 Å². The lowest BCUT2D eigenvalue weighted by molar-refractivity contribution is -0.140. The molecule has 0 bridgehead atoms. The van der Waals surface area contributed by atoms with E-state index in [9.17, 15) is 4.79 Å². The highest BCUT2D eigenvalue weighted by molar-refractivity contribution is 5.69. The third-order valence-corrected chi connectivity index (χ3v) is 1.50. The Morgan fingerprint density at radius 2 is 2.09 bits per heavy atom. The number of esters is 1. The SMILES string of the molecule is CC/C=C(\C)CCC(=O)OC. The van der Waals surface area contributed by atoms with Gasteiger partial charge in [0.05, 0.1) is 7.11 Å². The molecular weight excluding hydrogens is 140 g/mol. The molecule has 2 nitrogen and oxygen atoms in total. The largest absolute Gasteiger partial charge is 0.469 e. The maximum atomic E-state index is 10.7. The second kappa shape index (κ2) is 5.96. The molecule has 0 amide bonds. The summed E-state index contributed by atoms with van der Waals surface area (Å²) in [6, 6.07) is 0. The van der Waals surface area contributed by atoms with Crippen molar-refractivity contribution in [2.45, 2.75) is 33.1 Å². The van der Waals surface area contributed by atoms with Crippen molar-refractivity contribution in [3.63, 3.8) is 0 Å². The minimum absolute atomic E-state index is 0.131. The van der Waals surface area contributed by atoms with E-state index in [1.165, 1.54) is 12.7 Å². The van der Waals surface area contributed by atoms with Crippen LogP contribution in [0.3, 0.4) is 0 Å². The molecule has 0 spiro atoms. The predicted octanol–water partition coefficient (Wildman–Crippen LogP) is 2.30. The lowest BCUT2D eigenvalue weighted by atomic mass is 10.1. The van der Waals surface area contributed by atoms with Crippen LogP contribution in [0.2, 0.25) is 0 Å². The molecule has 0 fully saturated rings. The van der Waals surface area contributed by atoms with Crippen molar-refractivity contribution in [1.82, 2.24) is 0 Å². The van der Waals surface area contributed by atoms with Crippen molar-refractivity contribution < 1.29 is 9.53 Å². The maximum absolute atomic E-state index is 10.7. The number of allylic oxidation sites excluding steroid dienone is 2. The molecule has 2 heteroatoms. The van der Waals surface area contributed by atoms with Gasteiger partial charge in [-0.05, 0) is 19.8 Å². The summed E-state index contributed by atoms with van der Waals surface area (Å²) in [5.41, 5.74) is 1.26. The van der Waals surface area contributed by atoms with Crippen molar-refractivity contribution in [2.24, 2.45) is 0 Å². The molecule has 0 atom stereocenters. The fourth-order valence-electron chi connectivity index (χ4n) is 0.852. The van der Waals surface area contributed by atoms with Gasteiger partial charge in [-0.1, -0.05) is 18.6 Å². The molecule has 0 aromatic rings. The van der Waals surface area contributed by atoms with Gasteiger partial charge < -0.3 is 4.74 Å². The number of carbonyl (C=O) groups excluding carboxylic acids is 1. The number of methoxy groups -OCH3 is 1. The molecule has 0 aromatic heterocycles. The van der Waals surface area contributed by atoms with E-state index in [2.05, 4.69) is 17.7 Å². The second-order valence-electron chi connectivity index (χ2n) is 2.53. The van der Waals surface area contributed by atoms with Crippen LogP contribution >= 0.6 is 0 Å². The highest BCUT2D eigenvalue weighted by Crippen LogP contribution is 2.05. The van der Waals surface area contributed by atoms with E-state index in [1.807, 2.05) is 6.92 Å². The molecule has 0 aliphatic rings. The highest BCUT2D eigenvalue weighted by atomic mass is 16.5. The monoisotopic (exact) mass is 156 g/mol. The first kappa shape index (κ1) is 10.2. The number of carbonyl (C=O) groups is 1. The van der Waals surface area contributed by atoms with Gasteiger partial charge >= 0.3 is 5.97 Å². The third kappa shape index (κ3) is 5.64. The van der Waals surface area contributed by atoms with Crippen LogP contribution in [0.25, 0.3) is 0 Å². The van der Waals surface area contributed by atoms with Crippen LogP contribution in [0, 0.1) is 0 Å². The van der Waals surface area contributed by atoms with Gasteiger partial charge in [-0.25, -0.2) is 0 Å². The van der Waals surface area contributed by atoms with E-state index < -0.39 is 0 Å². The van der Waals surface area contributed by atoms with Crippen LogP contribution in [0.4, 0.5) is 0 Å². The Kier molecular flexibility index (Phi) is 5.53. The summed E-state index contributed by atoms with van der Waals surface area (Å²) < 4.78 is 4.51. The van der Waals surface area contributed by atoms with E-state index in [-0.39, 0.29) is 5.97 Å². The minimum Gasteiger partial charge on any atom is -0.469 e. The zero-order valence-electron chi connectivity index (χ0n) is 7.52. The second-order valence-corrected chi connectivity index (χ2v) is 2.53. The van der Waals surface area contributed by atoms with Gasteiger partial charge in [0.15, 0.2) is 0 Å². The van der Waals surface area contributed by atoms with Crippen LogP contribution in [0.5, 0.6) is 0 Å². The molecule has 0 rings (SSSR count). The summed E-state index contributed by atoms with van der Waals surface area (Å²) in [5, 5.41) is 0. The average Bonchev–Trinajstić information content (AvgIpc) is 2.01. The zero-order valence-corrected chi connectivity index (χ0v) is 7.52. The Morgan fingerprint density at radius 3 is 2.55 bits per heavy atom. The molecule has 0 unspecified atom stereocenters. The average molecular weight is 156 g/mol. The molecule has 0 aromatic carbocycles. The normalized spacial score (nSPS) is 11.4. The van der Waals surface area contributed by atoms with Gasteiger partial charge in [-0.15, -0.1) is 0 Å². The van der Waals surface area contributed by atoms with Gasteiger partial charge in [-0.3, -0.25) is 4.79 Å². The van der Waals surface area contributed by atoms with Gasteiger partial charge in [0.1, 0.15) is 0 Å². The molecule has 0 saturated heterocycles. The van der Waals surface area contributed by atoms with E-state index >= 15 is 0 Å². The van der Waals surface area contributed by atoms with E-state index in [4.69, 9.17) is 0 Å². The lowest BCUT2D eigenvalue weighted by Crippen LogP contribution is -1.99. The van der Waals surface area contributed by atoms with Crippen LogP contribution in [-0.2, 0) is 9.53 Å². The van der Waals surface area contributed by atoms with E-state index in [0.717, 1.165) is 12.8 Å². The number of ether oxygens (including phenoxy) is 1. The van der Waals surface area contributed by atoms with Gasteiger partial charge in [0.2, 0.25) is 0 Å². The Morgan fingerprint density at radius 1 is 1.45 bits per heavy atom. The Bertz CT molecular complexity index is 148. The van der Waals surface area contributed by atoms with Crippen molar-refractivity contribution >= 4 is 5.97 Å². The molecule has 0 aliphatic heterocycles. The molecular formula is C9H16O2. The summed E-state index contributed by atoms with van der Waals surface area (Å²) in [6.07, 6.45) is 4.48. The van der Waals surface area contributed by atoms with Crippen molar-refractivity contribution in [3.8, 4) is 0 Å². The summed E-state index contributed by atoms with van der Waals surface area (Å²) in [5.74, 6) is -0.131. The van der Waals surface area contributed by atoms with Gasteiger partial charge in [-0.2, -0.15) is 0 Å². The first-order chi connectivity index (χ1) is 5.20. The van der Waals surface area contributed by atoms with Crippen molar-refractivity contribution in [2.75, 3.05) is 7.11 Å². The molecule has 0 N–H and O–H groups in total. The number of rotatable bonds is 4. The summed E-state index contributed by atoms with van der Waals surface area (Å²) >= 11 is 0. The Balaban J connectivity index is 3.53. The minimum atomic E-state index is -0.131. The lowest BCUT2D eigenvalue weighted by Gasteiger charge is -1.98. The predicted molar refractivity (Wildman–Crippen MR) is 45.3 cm³/mol. The zero-order chi connectivity index (χ0) is 8.69. The van der Waals surface area contributed by atoms with Crippen LogP contribution in [0.1, 0.15) is 33.1 Å². The third-order valence-electron chi connectivity index (χ3n) is 1.50. The highest BCUT2D eigenvalue weighted by Gasteiger charge is 1.98. The molecule has 0 radical (unpaired) electrons. The van der Waals surface area contributed by atoms with E-state index in [1.54, 1.807) is 0 Å². The molecule has 64 valence electrons. The van der Waals surface area contributed by atoms with E-state index in [0.29, 0.717) is 6.42 Å². The Labute approximate surface area is 68.2 Å². The first-order valence-electron chi connectivity index (χ1n) is 3.93. The fourth-order valence-corrected chi connectivity index (χ4v) is 0.852. The van der Waals surface area contributed by atoms with Crippen molar-refractivity contribution in [3.05, 3.63) is 11.6 Å². The first-order valence-corrected chi connectivity index (χ1v) is 3.93. The number of hydrogen-bond donors (Lipinski definition) is 0. The standard InChI is InChI=1S/C9H16O2/c1-4-5-8(2)6-7-9(10)11-3/h5H,4,6-7H2,1-3H3/b8-5+. The number of hydrogen-bond acceptors (Lipinski definition) is 2. The van der Waals surface area contributed by atoms with Crippen LogP contribution in [0.15, 0.2) is 11.6 Å². The van der Waals surface area contributed by atoms with Crippen molar-refractivity contribution in [1.29, 1.82) is 0 Å². The summed E-state index contributed by atoms with van der Waals surface area (Å²) in [7, 11) is 1.42. The molecule has 0 aliphatic carbocycles. The molecule has 0 saturated carbocycles. The summed E-state index contributed by atoms with van der Waals surface area (Å²) in [6.45, 7) is 4.12. The quantitative estimate of drug-likeness (QED) is 0.461. The van der Waals surface area contributed by atoms with Gasteiger partial charge in [0, 0.05) is 6.42 Å². The van der Waals surface area contributed by atoms with Gasteiger partial charge in [0.25, 0.3) is 0 Å². The van der Waals surface area contributed by atoms with Crippen LogP contribution < -0.4 is 0 Å². The Hall–Kier alpha value is -0.790. The maximum Gasteiger partial charge on any atom is 0.305 e. The topological polar surface area (TPSA) is 26.3 Å². The fraction of sp³-hybridized carbons (Fsp3) is 0.667. The summed E-state index contributed by atoms with van der Waals surface area (Å²) in [4.78, 5) is 10.7. The smallest absolute Gasteiger partial charge is 0.305 e.